The Morgan fingerprint density at radius 3 is 2.76 bits per heavy atom. The Morgan fingerprint density at radius 2 is 2.13 bits per heavy atom. The van der Waals surface area contributed by atoms with E-state index in [2.05, 4.69) is 22.5 Å². The van der Waals surface area contributed by atoms with Gasteiger partial charge in [-0.25, -0.2) is 9.59 Å². The van der Waals surface area contributed by atoms with Crippen LogP contribution in [0.1, 0.15) is 31.9 Å². The predicted octanol–water partition coefficient (Wildman–Crippen LogP) is 2.51. The number of aliphatic hydroxyl groups is 1. The van der Waals surface area contributed by atoms with Gasteiger partial charge in [0.05, 0.1) is 16.7 Å². The standard InChI is InChI=1S/C26H30N2O10/c1-8-12-34-28-25(32)37-22-14(4)26(6,9-2)38-24(20(22)30)35-17-11-10-16-19(29)18(15(5)27-33-7)23(31)36-21(16)13(17)3/h1,9-11,14,20,22,24,29-30H,2,12H2,3-7H3,(H,28,32)/b27-15+/t14?,20?,22?,24?,26-/m0/s1. The monoisotopic (exact) mass is 530 g/mol. The van der Waals surface area contributed by atoms with E-state index in [1.54, 1.807) is 20.8 Å². The van der Waals surface area contributed by atoms with Crippen molar-refractivity contribution in [3.8, 4) is 23.8 Å². The SMILES string of the molecule is C#CCONC(=O)OC1C(O)C(Oc2ccc3c(O)c(/C(C)=N/OC)c(=O)oc3c2C)O[C@@](C)(C=C)C1C. The molecule has 1 saturated heterocycles. The number of fused-ring (bicyclic) bond motifs is 1. The van der Waals surface area contributed by atoms with Crippen LogP contribution in [-0.4, -0.2) is 59.8 Å². The van der Waals surface area contributed by atoms with Gasteiger partial charge in [0.15, 0.2) is 6.10 Å². The van der Waals surface area contributed by atoms with Gasteiger partial charge in [-0.15, -0.1) is 13.0 Å². The van der Waals surface area contributed by atoms with E-state index in [-0.39, 0.29) is 40.4 Å². The average molecular weight is 531 g/mol. The van der Waals surface area contributed by atoms with Gasteiger partial charge in [-0.3, -0.25) is 4.84 Å². The van der Waals surface area contributed by atoms with E-state index in [1.165, 1.54) is 32.2 Å². The number of aromatic hydroxyl groups is 1. The van der Waals surface area contributed by atoms with E-state index < -0.39 is 41.7 Å². The summed E-state index contributed by atoms with van der Waals surface area (Å²) in [6.07, 6.45) is 1.76. The molecule has 38 heavy (non-hydrogen) atoms. The zero-order valence-electron chi connectivity index (χ0n) is 21.6. The van der Waals surface area contributed by atoms with Gasteiger partial charge in [0.2, 0.25) is 6.29 Å². The largest absolute Gasteiger partial charge is 0.506 e. The van der Waals surface area contributed by atoms with Crippen molar-refractivity contribution in [3.05, 3.63) is 46.3 Å². The fourth-order valence-corrected chi connectivity index (χ4v) is 4.11. The van der Waals surface area contributed by atoms with E-state index in [9.17, 15) is 19.8 Å². The highest BCUT2D eigenvalue weighted by Gasteiger charge is 2.51. The molecule has 3 rings (SSSR count). The number of aliphatic hydroxyl groups excluding tert-OH is 1. The maximum atomic E-state index is 12.6. The molecule has 0 saturated carbocycles. The fourth-order valence-electron chi connectivity index (χ4n) is 4.11. The topological polar surface area (TPSA) is 158 Å². The number of rotatable bonds is 8. The van der Waals surface area contributed by atoms with Crippen LogP contribution in [0.5, 0.6) is 11.5 Å². The molecule has 12 nitrogen and oxygen atoms in total. The van der Waals surface area contributed by atoms with Crippen LogP contribution < -0.4 is 15.8 Å². The van der Waals surface area contributed by atoms with Crippen molar-refractivity contribution >= 4 is 22.8 Å². The zero-order valence-corrected chi connectivity index (χ0v) is 21.6. The molecular weight excluding hydrogens is 500 g/mol. The average Bonchev–Trinajstić information content (AvgIpc) is 2.87. The number of amides is 1. The minimum absolute atomic E-state index is 0.0574. The van der Waals surface area contributed by atoms with Gasteiger partial charge in [-0.2, -0.15) is 5.48 Å². The van der Waals surface area contributed by atoms with E-state index in [4.69, 9.17) is 29.9 Å². The number of hydroxylamine groups is 1. The molecule has 204 valence electrons. The molecule has 3 N–H and O–H groups in total. The first kappa shape index (κ1) is 28.5. The molecule has 2 aromatic rings. The van der Waals surface area contributed by atoms with Crippen molar-refractivity contribution < 1.29 is 43.3 Å². The molecule has 2 heterocycles. The Balaban J connectivity index is 1.96. The van der Waals surface area contributed by atoms with E-state index in [0.717, 1.165) is 0 Å². The summed E-state index contributed by atoms with van der Waals surface area (Å²) < 4.78 is 22.9. The number of terminal acetylenes is 1. The number of hydrogen-bond acceptors (Lipinski definition) is 11. The number of oxime groups is 1. The van der Waals surface area contributed by atoms with E-state index in [1.807, 2.05) is 5.48 Å². The lowest BCUT2D eigenvalue weighted by Gasteiger charge is -2.47. The Bertz CT molecular complexity index is 1340. The first-order valence-electron chi connectivity index (χ1n) is 11.5. The third-order valence-corrected chi connectivity index (χ3v) is 6.42. The molecule has 1 aromatic heterocycles. The predicted molar refractivity (Wildman–Crippen MR) is 136 cm³/mol. The molecular formula is C26H30N2O10. The van der Waals surface area contributed by atoms with Crippen molar-refractivity contribution in [3.63, 3.8) is 0 Å². The molecule has 1 amide bonds. The molecule has 4 unspecified atom stereocenters. The third kappa shape index (κ3) is 5.45. The van der Waals surface area contributed by atoms with Gasteiger partial charge < -0.3 is 33.7 Å². The van der Waals surface area contributed by atoms with Gasteiger partial charge in [0.25, 0.3) is 0 Å². The second-order valence-corrected chi connectivity index (χ2v) is 8.77. The van der Waals surface area contributed by atoms with Crippen LogP contribution in [0, 0.1) is 25.2 Å². The van der Waals surface area contributed by atoms with Crippen molar-refractivity contribution in [1.29, 1.82) is 0 Å². The van der Waals surface area contributed by atoms with Crippen LogP contribution in [0.25, 0.3) is 11.0 Å². The van der Waals surface area contributed by atoms with Crippen LogP contribution in [0.2, 0.25) is 0 Å². The highest BCUT2D eigenvalue weighted by molar-refractivity contribution is 6.04. The second kappa shape index (κ2) is 11.6. The highest BCUT2D eigenvalue weighted by atomic mass is 16.7. The maximum absolute atomic E-state index is 12.6. The third-order valence-electron chi connectivity index (χ3n) is 6.42. The Kier molecular flexibility index (Phi) is 8.67. The number of carbonyl (C=O) groups is 1. The number of nitrogens with one attached hydrogen (secondary N) is 1. The molecule has 1 aliphatic rings. The Labute approximate surface area is 218 Å². The number of carbonyl (C=O) groups excluding carboxylic acids is 1. The number of nitrogens with zero attached hydrogens (tertiary/aromatic N) is 1. The summed E-state index contributed by atoms with van der Waals surface area (Å²) >= 11 is 0. The number of benzene rings is 1. The molecule has 0 radical (unpaired) electrons. The summed E-state index contributed by atoms with van der Waals surface area (Å²) in [5.74, 6) is 1.49. The fraction of sp³-hybridized carbons (Fsp3) is 0.423. The maximum Gasteiger partial charge on any atom is 0.431 e. The molecule has 0 bridgehead atoms. The summed E-state index contributed by atoms with van der Waals surface area (Å²) in [4.78, 5) is 34.3. The highest BCUT2D eigenvalue weighted by Crippen LogP contribution is 2.39. The van der Waals surface area contributed by atoms with Crippen molar-refractivity contribution in [1.82, 2.24) is 5.48 Å². The van der Waals surface area contributed by atoms with E-state index >= 15 is 0 Å². The van der Waals surface area contributed by atoms with Gasteiger partial charge in [-0.05, 0) is 32.9 Å². The molecule has 1 fully saturated rings. The summed E-state index contributed by atoms with van der Waals surface area (Å²) in [5, 5.41) is 25.7. The molecule has 5 atom stereocenters. The van der Waals surface area contributed by atoms with Crippen LogP contribution in [0.3, 0.4) is 0 Å². The molecule has 1 aromatic carbocycles. The van der Waals surface area contributed by atoms with Crippen molar-refractivity contribution in [2.24, 2.45) is 11.1 Å². The lowest BCUT2D eigenvalue weighted by molar-refractivity contribution is -0.275. The van der Waals surface area contributed by atoms with Crippen LogP contribution in [-0.2, 0) is 19.1 Å². The summed E-state index contributed by atoms with van der Waals surface area (Å²) in [7, 11) is 1.31. The minimum atomic E-state index is -1.44. The van der Waals surface area contributed by atoms with Crippen molar-refractivity contribution in [2.45, 2.75) is 51.8 Å². The minimum Gasteiger partial charge on any atom is -0.506 e. The van der Waals surface area contributed by atoms with Gasteiger partial charge in [0.1, 0.15) is 42.5 Å². The lowest BCUT2D eigenvalue weighted by atomic mass is 9.81. The number of aryl methyl sites for hydroxylation is 1. The van der Waals surface area contributed by atoms with Gasteiger partial charge in [-0.1, -0.05) is 24.1 Å². The summed E-state index contributed by atoms with van der Waals surface area (Å²) in [5.41, 5.74) is 0.529. The van der Waals surface area contributed by atoms with Gasteiger partial charge in [0, 0.05) is 11.5 Å². The summed E-state index contributed by atoms with van der Waals surface area (Å²) in [6.45, 7) is 10.1. The first-order valence-corrected chi connectivity index (χ1v) is 11.5. The second-order valence-electron chi connectivity index (χ2n) is 8.77. The smallest absolute Gasteiger partial charge is 0.431 e. The van der Waals surface area contributed by atoms with Crippen LogP contribution in [0.4, 0.5) is 4.79 Å². The van der Waals surface area contributed by atoms with Gasteiger partial charge >= 0.3 is 11.7 Å². The van der Waals surface area contributed by atoms with Crippen LogP contribution >= 0.6 is 0 Å². The number of hydrogen-bond donors (Lipinski definition) is 3. The van der Waals surface area contributed by atoms with Crippen molar-refractivity contribution in [2.75, 3.05) is 13.7 Å². The normalized spacial score (nSPS) is 25.3. The zero-order chi connectivity index (χ0) is 28.2. The molecule has 0 aliphatic carbocycles. The summed E-state index contributed by atoms with van der Waals surface area (Å²) in [6, 6.07) is 2.99. The molecule has 12 heteroatoms. The quantitative estimate of drug-likeness (QED) is 0.116. The Hall–Kier alpha value is -4.05. The lowest BCUT2D eigenvalue weighted by Crippen LogP contribution is -2.61. The van der Waals surface area contributed by atoms with Crippen LogP contribution in [0.15, 0.2) is 39.2 Å². The van der Waals surface area contributed by atoms with E-state index in [0.29, 0.717) is 5.56 Å². The first-order chi connectivity index (χ1) is 18.0. The molecule has 1 aliphatic heterocycles. The Morgan fingerprint density at radius 1 is 1.42 bits per heavy atom. The number of ether oxygens (including phenoxy) is 3. The molecule has 0 spiro atoms.